The average Bonchev–Trinajstić information content (AvgIpc) is 2.41. The molecule has 1 atom stereocenters. The largest absolute Gasteiger partial charge is 0.389 e. The zero-order valence-corrected chi connectivity index (χ0v) is 14.5. The minimum absolute atomic E-state index is 0.322. The maximum Gasteiger partial charge on any atom is 0.0718 e. The fraction of sp³-hybridized carbons (Fsp3) is 0.647. The topological polar surface area (TPSA) is 35.5 Å². The Labute approximate surface area is 134 Å². The van der Waals surface area contributed by atoms with E-state index in [2.05, 4.69) is 36.2 Å². The first-order chi connectivity index (χ1) is 9.85. The highest BCUT2D eigenvalue weighted by molar-refractivity contribution is 6.30. The summed E-state index contributed by atoms with van der Waals surface area (Å²) in [5.74, 6) is 0. The second-order valence-corrected chi connectivity index (χ2v) is 6.57. The van der Waals surface area contributed by atoms with E-state index in [9.17, 15) is 5.11 Å². The Balaban J connectivity index is 2.63. The lowest BCUT2D eigenvalue weighted by molar-refractivity contribution is 0.0367. The van der Waals surface area contributed by atoms with E-state index in [0.29, 0.717) is 12.6 Å². The third kappa shape index (κ3) is 7.28. The van der Waals surface area contributed by atoms with Crippen molar-refractivity contribution < 1.29 is 5.11 Å². The van der Waals surface area contributed by atoms with E-state index in [-0.39, 0.29) is 0 Å². The molecule has 0 fully saturated rings. The Morgan fingerprint density at radius 2 is 1.86 bits per heavy atom. The van der Waals surface area contributed by atoms with Crippen molar-refractivity contribution in [3.63, 3.8) is 0 Å². The van der Waals surface area contributed by atoms with Gasteiger partial charge in [-0.15, -0.1) is 0 Å². The number of likely N-dealkylation sites (N-methyl/N-ethyl adjacent to an activating group) is 1. The van der Waals surface area contributed by atoms with Crippen LogP contribution in [0.25, 0.3) is 0 Å². The zero-order valence-electron chi connectivity index (χ0n) is 13.7. The van der Waals surface area contributed by atoms with Gasteiger partial charge in [-0.3, -0.25) is 0 Å². The van der Waals surface area contributed by atoms with Crippen LogP contribution in [0.3, 0.4) is 0 Å². The summed E-state index contributed by atoms with van der Waals surface area (Å²) in [6.07, 6.45) is 1.01. The fourth-order valence-electron chi connectivity index (χ4n) is 2.54. The van der Waals surface area contributed by atoms with E-state index in [0.717, 1.165) is 31.1 Å². The maximum atomic E-state index is 9.96. The number of aliphatic hydroxyl groups is 1. The molecule has 0 aromatic heterocycles. The number of nitrogens with one attached hydrogen (secondary N) is 1. The predicted molar refractivity (Wildman–Crippen MR) is 90.9 cm³/mol. The van der Waals surface area contributed by atoms with E-state index >= 15 is 0 Å². The van der Waals surface area contributed by atoms with Crippen LogP contribution in [0, 0.1) is 0 Å². The average molecular weight is 313 g/mol. The van der Waals surface area contributed by atoms with Crippen LogP contribution >= 0.6 is 11.6 Å². The second kappa shape index (κ2) is 8.74. The van der Waals surface area contributed by atoms with Crippen molar-refractivity contribution in [3.8, 4) is 0 Å². The van der Waals surface area contributed by atoms with E-state index < -0.39 is 5.60 Å². The van der Waals surface area contributed by atoms with Gasteiger partial charge in [0.15, 0.2) is 0 Å². The van der Waals surface area contributed by atoms with Gasteiger partial charge in [-0.2, -0.15) is 0 Å². The van der Waals surface area contributed by atoms with Gasteiger partial charge in [0.05, 0.1) is 5.60 Å². The smallest absolute Gasteiger partial charge is 0.0718 e. The third-order valence-electron chi connectivity index (χ3n) is 3.51. The normalized spacial score (nSPS) is 13.7. The van der Waals surface area contributed by atoms with Crippen LogP contribution in [0.15, 0.2) is 24.3 Å². The molecule has 4 heteroatoms. The van der Waals surface area contributed by atoms with Crippen LogP contribution in [-0.2, 0) is 0 Å². The fourth-order valence-corrected chi connectivity index (χ4v) is 2.66. The lowest BCUT2D eigenvalue weighted by Gasteiger charge is -2.29. The van der Waals surface area contributed by atoms with Crippen molar-refractivity contribution in [1.29, 1.82) is 0 Å². The summed E-state index contributed by atoms with van der Waals surface area (Å²) in [5, 5.41) is 14.3. The highest BCUT2D eigenvalue weighted by Gasteiger charge is 2.18. The minimum Gasteiger partial charge on any atom is -0.389 e. The minimum atomic E-state index is -0.649. The highest BCUT2D eigenvalue weighted by Crippen LogP contribution is 2.20. The van der Waals surface area contributed by atoms with Gasteiger partial charge in [0.1, 0.15) is 0 Å². The summed E-state index contributed by atoms with van der Waals surface area (Å²) >= 11 is 5.96. The molecule has 0 saturated heterocycles. The summed E-state index contributed by atoms with van der Waals surface area (Å²) in [6, 6.07) is 8.37. The van der Waals surface area contributed by atoms with Gasteiger partial charge in [-0.25, -0.2) is 0 Å². The molecule has 0 aliphatic carbocycles. The van der Waals surface area contributed by atoms with Gasteiger partial charge in [0.25, 0.3) is 0 Å². The number of hydrogen-bond donors (Lipinski definition) is 2. The molecule has 0 aliphatic heterocycles. The molecule has 1 aromatic rings. The van der Waals surface area contributed by atoms with Crippen LogP contribution in [-0.4, -0.2) is 41.8 Å². The van der Waals surface area contributed by atoms with Gasteiger partial charge in [-0.05, 0) is 51.1 Å². The van der Waals surface area contributed by atoms with Crippen molar-refractivity contribution in [3.05, 3.63) is 34.9 Å². The van der Waals surface area contributed by atoms with Crippen molar-refractivity contribution in [2.75, 3.05) is 26.2 Å². The molecule has 1 unspecified atom stereocenters. The van der Waals surface area contributed by atoms with E-state index in [1.807, 2.05) is 26.0 Å². The predicted octanol–water partition coefficient (Wildman–Crippen LogP) is 3.47. The molecule has 0 heterocycles. The number of halogens is 1. The van der Waals surface area contributed by atoms with Crippen LogP contribution in [0.5, 0.6) is 0 Å². The molecule has 1 rings (SSSR count). The summed E-state index contributed by atoms with van der Waals surface area (Å²) in [7, 11) is 0. The Morgan fingerprint density at radius 3 is 2.33 bits per heavy atom. The number of rotatable bonds is 9. The summed E-state index contributed by atoms with van der Waals surface area (Å²) in [4.78, 5) is 2.29. The molecule has 2 N–H and O–H groups in total. The Kier molecular flexibility index (Phi) is 7.67. The van der Waals surface area contributed by atoms with Crippen molar-refractivity contribution in [2.24, 2.45) is 0 Å². The lowest BCUT2D eigenvalue weighted by atomic mass is 10.0. The zero-order chi connectivity index (χ0) is 15.9. The molecule has 3 nitrogen and oxygen atoms in total. The maximum absolute atomic E-state index is 9.96. The van der Waals surface area contributed by atoms with E-state index in [1.54, 1.807) is 0 Å². The van der Waals surface area contributed by atoms with Crippen molar-refractivity contribution in [1.82, 2.24) is 10.2 Å². The number of benzene rings is 1. The SMILES string of the molecule is CCNC(CCN(CC)CC(C)(C)O)c1ccc(Cl)cc1. The number of nitrogens with zero attached hydrogens (tertiary/aromatic N) is 1. The Bertz CT molecular complexity index is 400. The summed E-state index contributed by atoms with van der Waals surface area (Å²) in [6.45, 7) is 11.5. The highest BCUT2D eigenvalue weighted by atomic mass is 35.5. The summed E-state index contributed by atoms with van der Waals surface area (Å²) < 4.78 is 0. The molecule has 0 amide bonds. The first-order valence-electron chi connectivity index (χ1n) is 7.79. The molecule has 0 spiro atoms. The van der Waals surface area contributed by atoms with E-state index in [4.69, 9.17) is 11.6 Å². The van der Waals surface area contributed by atoms with Gasteiger partial charge in [-0.1, -0.05) is 37.6 Å². The van der Waals surface area contributed by atoms with E-state index in [1.165, 1.54) is 5.56 Å². The first kappa shape index (κ1) is 18.4. The van der Waals surface area contributed by atoms with Crippen molar-refractivity contribution in [2.45, 2.75) is 45.8 Å². The van der Waals surface area contributed by atoms with Crippen molar-refractivity contribution >= 4 is 11.6 Å². The molecule has 0 bridgehead atoms. The summed E-state index contributed by atoms with van der Waals surface area (Å²) in [5.41, 5.74) is 0.616. The van der Waals surface area contributed by atoms with Gasteiger partial charge < -0.3 is 15.3 Å². The molecule has 120 valence electrons. The quantitative estimate of drug-likeness (QED) is 0.733. The standard InChI is InChI=1S/C17H29ClN2O/c1-5-19-16(14-7-9-15(18)10-8-14)11-12-20(6-2)13-17(3,4)21/h7-10,16,19,21H,5-6,11-13H2,1-4H3. The lowest BCUT2D eigenvalue weighted by Crippen LogP contribution is -2.40. The number of hydrogen-bond acceptors (Lipinski definition) is 3. The molecule has 21 heavy (non-hydrogen) atoms. The van der Waals surface area contributed by atoms with Crippen LogP contribution in [0.4, 0.5) is 0 Å². The molecular formula is C17H29ClN2O. The molecule has 0 aliphatic rings. The second-order valence-electron chi connectivity index (χ2n) is 6.13. The molecule has 0 radical (unpaired) electrons. The molecule has 1 aromatic carbocycles. The van der Waals surface area contributed by atoms with Crippen LogP contribution in [0.1, 0.15) is 45.7 Å². The molecule has 0 saturated carbocycles. The Morgan fingerprint density at radius 1 is 1.24 bits per heavy atom. The van der Waals surface area contributed by atoms with Crippen LogP contribution in [0.2, 0.25) is 5.02 Å². The van der Waals surface area contributed by atoms with Gasteiger partial charge in [0, 0.05) is 24.2 Å². The van der Waals surface area contributed by atoms with Gasteiger partial charge >= 0.3 is 0 Å². The Hall–Kier alpha value is -0.610. The van der Waals surface area contributed by atoms with Crippen LogP contribution < -0.4 is 5.32 Å². The molecular weight excluding hydrogens is 284 g/mol. The third-order valence-corrected chi connectivity index (χ3v) is 3.77. The first-order valence-corrected chi connectivity index (χ1v) is 8.17. The monoisotopic (exact) mass is 312 g/mol. The van der Waals surface area contributed by atoms with Gasteiger partial charge in [0.2, 0.25) is 0 Å².